The third kappa shape index (κ3) is 5.00. The van der Waals surface area contributed by atoms with Crippen molar-refractivity contribution in [2.24, 2.45) is 0 Å². The lowest BCUT2D eigenvalue weighted by Gasteiger charge is -2.20. The van der Waals surface area contributed by atoms with Crippen LogP contribution in [0.15, 0.2) is 30.3 Å². The van der Waals surface area contributed by atoms with Crippen LogP contribution in [0.5, 0.6) is 5.75 Å². The molecule has 0 radical (unpaired) electrons. The standard InChI is InChI=1S/C23H31N3O3/c1-17-16-21(18(2)26(17)19-9-11-20(29-3)12-10-19)23(28)24-13-7-15-25-14-6-4-5-8-22(25)27/h9-12,16H,4-8,13-15H2,1-3H3,(H,24,28). The second-order valence-corrected chi connectivity index (χ2v) is 7.62. The number of hydrogen-bond acceptors (Lipinski definition) is 3. The number of rotatable bonds is 7. The average Bonchev–Trinajstić information content (AvgIpc) is 2.87. The highest BCUT2D eigenvalue weighted by molar-refractivity contribution is 5.95. The summed E-state index contributed by atoms with van der Waals surface area (Å²) in [7, 11) is 1.65. The Hall–Kier alpha value is -2.76. The van der Waals surface area contributed by atoms with Gasteiger partial charge in [0.1, 0.15) is 5.75 Å². The summed E-state index contributed by atoms with van der Waals surface area (Å²) in [5.41, 5.74) is 3.60. The van der Waals surface area contributed by atoms with Crippen molar-refractivity contribution in [1.29, 1.82) is 0 Å². The van der Waals surface area contributed by atoms with Gasteiger partial charge in [-0.3, -0.25) is 9.59 Å². The highest BCUT2D eigenvalue weighted by Gasteiger charge is 2.18. The third-order valence-electron chi connectivity index (χ3n) is 5.57. The van der Waals surface area contributed by atoms with Gasteiger partial charge in [0.2, 0.25) is 5.91 Å². The number of carbonyl (C=O) groups excluding carboxylic acids is 2. The molecule has 2 aromatic rings. The number of aromatic nitrogens is 1. The lowest BCUT2D eigenvalue weighted by atomic mass is 10.2. The number of nitrogens with one attached hydrogen (secondary N) is 1. The zero-order chi connectivity index (χ0) is 20.8. The van der Waals surface area contributed by atoms with E-state index in [1.54, 1.807) is 7.11 Å². The highest BCUT2D eigenvalue weighted by Crippen LogP contribution is 2.22. The van der Waals surface area contributed by atoms with Gasteiger partial charge in [-0.2, -0.15) is 0 Å². The van der Waals surface area contributed by atoms with E-state index >= 15 is 0 Å². The molecule has 1 saturated heterocycles. The average molecular weight is 398 g/mol. The topological polar surface area (TPSA) is 63.6 Å². The molecule has 2 heterocycles. The third-order valence-corrected chi connectivity index (χ3v) is 5.57. The van der Waals surface area contributed by atoms with Crippen LogP contribution in [0, 0.1) is 13.8 Å². The Kier molecular flexibility index (Phi) is 6.96. The fourth-order valence-corrected chi connectivity index (χ4v) is 3.96. The SMILES string of the molecule is COc1ccc(-n2c(C)cc(C(=O)NCCCN3CCCCCC3=O)c2C)cc1. The van der Waals surface area contributed by atoms with E-state index in [1.807, 2.05) is 49.1 Å². The monoisotopic (exact) mass is 397 g/mol. The van der Waals surface area contributed by atoms with Crippen molar-refractivity contribution in [2.45, 2.75) is 46.0 Å². The summed E-state index contributed by atoms with van der Waals surface area (Å²) >= 11 is 0. The van der Waals surface area contributed by atoms with Crippen molar-refractivity contribution in [1.82, 2.24) is 14.8 Å². The normalized spacial score (nSPS) is 14.6. The van der Waals surface area contributed by atoms with Crippen molar-refractivity contribution in [2.75, 3.05) is 26.7 Å². The maximum atomic E-state index is 12.7. The molecule has 1 aromatic heterocycles. The number of nitrogens with zero attached hydrogens (tertiary/aromatic N) is 2. The first-order chi connectivity index (χ1) is 14.0. The van der Waals surface area contributed by atoms with Crippen molar-refractivity contribution in [3.05, 3.63) is 47.3 Å². The molecule has 1 aromatic carbocycles. The number of carbonyl (C=O) groups is 2. The van der Waals surface area contributed by atoms with E-state index in [0.29, 0.717) is 25.1 Å². The van der Waals surface area contributed by atoms with Gasteiger partial charge in [0.25, 0.3) is 5.91 Å². The summed E-state index contributed by atoms with van der Waals surface area (Å²) in [6.45, 7) is 6.08. The molecule has 1 N–H and O–H groups in total. The number of amides is 2. The Morgan fingerprint density at radius 2 is 1.90 bits per heavy atom. The molecular formula is C23H31N3O3. The van der Waals surface area contributed by atoms with E-state index in [9.17, 15) is 9.59 Å². The van der Waals surface area contributed by atoms with Crippen LogP contribution in [0.4, 0.5) is 0 Å². The first-order valence-electron chi connectivity index (χ1n) is 10.4. The largest absolute Gasteiger partial charge is 0.497 e. The summed E-state index contributed by atoms with van der Waals surface area (Å²) in [5, 5.41) is 3.01. The fraction of sp³-hybridized carbons (Fsp3) is 0.478. The molecule has 1 aliphatic rings. The van der Waals surface area contributed by atoms with Gasteiger partial charge in [-0.1, -0.05) is 6.42 Å². The molecule has 0 saturated carbocycles. The molecule has 0 unspecified atom stereocenters. The van der Waals surface area contributed by atoms with Crippen LogP contribution >= 0.6 is 0 Å². The fourth-order valence-electron chi connectivity index (χ4n) is 3.96. The molecule has 1 aliphatic heterocycles. The first-order valence-corrected chi connectivity index (χ1v) is 10.4. The van der Waals surface area contributed by atoms with Crippen molar-refractivity contribution in [3.8, 4) is 11.4 Å². The molecule has 0 aliphatic carbocycles. The molecule has 29 heavy (non-hydrogen) atoms. The number of hydrogen-bond donors (Lipinski definition) is 1. The molecular weight excluding hydrogens is 366 g/mol. The molecule has 0 spiro atoms. The minimum atomic E-state index is -0.0694. The predicted octanol–water partition coefficient (Wildman–Crippen LogP) is 3.63. The molecule has 1 fully saturated rings. The molecule has 0 bridgehead atoms. The van der Waals surface area contributed by atoms with Gasteiger partial charge in [-0.25, -0.2) is 0 Å². The van der Waals surface area contributed by atoms with Crippen LogP contribution in [-0.4, -0.2) is 48.0 Å². The maximum absolute atomic E-state index is 12.7. The Bertz CT molecular complexity index is 855. The lowest BCUT2D eigenvalue weighted by Crippen LogP contribution is -2.34. The van der Waals surface area contributed by atoms with Gasteiger partial charge in [0.15, 0.2) is 0 Å². The molecule has 2 amide bonds. The van der Waals surface area contributed by atoms with Gasteiger partial charge in [0, 0.05) is 43.1 Å². The van der Waals surface area contributed by atoms with Crippen molar-refractivity contribution >= 4 is 11.8 Å². The van der Waals surface area contributed by atoms with Gasteiger partial charge < -0.3 is 19.5 Å². The molecule has 0 atom stereocenters. The van der Waals surface area contributed by atoms with Crippen LogP contribution in [-0.2, 0) is 4.79 Å². The van der Waals surface area contributed by atoms with Gasteiger partial charge in [-0.05, 0) is 63.4 Å². The van der Waals surface area contributed by atoms with Crippen LogP contribution in [0.2, 0.25) is 0 Å². The number of methoxy groups -OCH3 is 1. The van der Waals surface area contributed by atoms with Crippen molar-refractivity contribution < 1.29 is 14.3 Å². The van der Waals surface area contributed by atoms with Gasteiger partial charge in [-0.15, -0.1) is 0 Å². The minimum absolute atomic E-state index is 0.0694. The van der Waals surface area contributed by atoms with E-state index in [4.69, 9.17) is 4.74 Å². The molecule has 6 heteroatoms. The molecule has 3 rings (SSSR count). The zero-order valence-electron chi connectivity index (χ0n) is 17.7. The molecule has 156 valence electrons. The van der Waals surface area contributed by atoms with E-state index in [2.05, 4.69) is 9.88 Å². The van der Waals surface area contributed by atoms with Gasteiger partial charge in [0.05, 0.1) is 12.7 Å². The Morgan fingerprint density at radius 1 is 1.14 bits per heavy atom. The zero-order valence-corrected chi connectivity index (χ0v) is 17.7. The quantitative estimate of drug-likeness (QED) is 0.726. The number of benzene rings is 1. The van der Waals surface area contributed by atoms with Gasteiger partial charge >= 0.3 is 0 Å². The second kappa shape index (κ2) is 9.63. The Labute approximate surface area is 172 Å². The summed E-state index contributed by atoms with van der Waals surface area (Å²) < 4.78 is 7.30. The van der Waals surface area contributed by atoms with E-state index in [-0.39, 0.29) is 11.8 Å². The van der Waals surface area contributed by atoms with Crippen LogP contribution < -0.4 is 10.1 Å². The summed E-state index contributed by atoms with van der Waals surface area (Å²) in [6.07, 6.45) is 4.63. The highest BCUT2D eigenvalue weighted by atomic mass is 16.5. The van der Waals surface area contributed by atoms with Crippen LogP contribution in [0.25, 0.3) is 5.69 Å². The maximum Gasteiger partial charge on any atom is 0.253 e. The summed E-state index contributed by atoms with van der Waals surface area (Å²) in [6, 6.07) is 9.72. The lowest BCUT2D eigenvalue weighted by molar-refractivity contribution is -0.130. The molecule has 6 nitrogen and oxygen atoms in total. The number of aryl methyl sites for hydroxylation is 1. The number of ether oxygens (including phenoxy) is 1. The van der Waals surface area contributed by atoms with E-state index < -0.39 is 0 Å². The smallest absolute Gasteiger partial charge is 0.253 e. The van der Waals surface area contributed by atoms with Crippen molar-refractivity contribution in [3.63, 3.8) is 0 Å². The Morgan fingerprint density at radius 3 is 2.62 bits per heavy atom. The summed E-state index contributed by atoms with van der Waals surface area (Å²) in [4.78, 5) is 26.7. The second-order valence-electron chi connectivity index (χ2n) is 7.62. The number of likely N-dealkylation sites (tertiary alicyclic amines) is 1. The van der Waals surface area contributed by atoms with Crippen LogP contribution in [0.3, 0.4) is 0 Å². The minimum Gasteiger partial charge on any atom is -0.497 e. The van der Waals surface area contributed by atoms with Crippen LogP contribution in [0.1, 0.15) is 53.8 Å². The van der Waals surface area contributed by atoms with E-state index in [0.717, 1.165) is 55.1 Å². The predicted molar refractivity (Wildman–Crippen MR) is 114 cm³/mol. The Balaban J connectivity index is 1.59. The summed E-state index contributed by atoms with van der Waals surface area (Å²) in [5.74, 6) is 0.981. The first kappa shape index (κ1) is 21.0. The van der Waals surface area contributed by atoms with E-state index in [1.165, 1.54) is 0 Å².